The van der Waals surface area contributed by atoms with Crippen molar-refractivity contribution in [1.82, 2.24) is 0 Å². The largest absolute Gasteiger partial charge is 0.481 e. The van der Waals surface area contributed by atoms with Gasteiger partial charge < -0.3 is 5.11 Å². The van der Waals surface area contributed by atoms with Gasteiger partial charge in [0.1, 0.15) is 0 Å². The maximum Gasteiger partial charge on any atom is 0.303 e. The predicted octanol–water partition coefficient (Wildman–Crippen LogP) is 6.57. The molecule has 1 aliphatic carbocycles. The zero-order chi connectivity index (χ0) is 18.7. The molecule has 1 N–H and O–H groups in total. The van der Waals surface area contributed by atoms with Gasteiger partial charge in [-0.25, -0.2) is 0 Å². The molecule has 0 spiro atoms. The highest BCUT2D eigenvalue weighted by atomic mass is 79.9. The lowest BCUT2D eigenvalue weighted by Crippen LogP contribution is -1.97. The number of hydrogen-bond donors (Lipinski definition) is 1. The normalized spacial score (nSPS) is 22.3. The summed E-state index contributed by atoms with van der Waals surface area (Å²) in [6, 6.07) is 0. The molecule has 1 rings (SSSR count). The molecule has 0 aromatic heterocycles. The summed E-state index contributed by atoms with van der Waals surface area (Å²) in [7, 11) is 0. The molecule has 0 bridgehead atoms. The molecular formula is C22H33BrO2. The summed E-state index contributed by atoms with van der Waals surface area (Å²) >= 11 is 3.14. The third-order valence-electron chi connectivity index (χ3n) is 5.20. The number of carboxylic acids is 1. The monoisotopic (exact) mass is 408 g/mol. The van der Waals surface area contributed by atoms with Crippen LogP contribution in [0, 0.1) is 34.4 Å². The van der Waals surface area contributed by atoms with Gasteiger partial charge in [-0.05, 0) is 73.9 Å². The molecule has 0 heterocycles. The molecule has 0 radical (unpaired) electrons. The van der Waals surface area contributed by atoms with Crippen molar-refractivity contribution in [2.45, 2.75) is 72.1 Å². The van der Waals surface area contributed by atoms with Crippen molar-refractivity contribution in [2.75, 3.05) is 0 Å². The minimum absolute atomic E-state index is 0.316. The van der Waals surface area contributed by atoms with Crippen LogP contribution >= 0.6 is 15.9 Å². The molecule has 1 fully saturated rings. The van der Waals surface area contributed by atoms with Crippen LogP contribution in [-0.2, 0) is 4.79 Å². The van der Waals surface area contributed by atoms with Gasteiger partial charge in [0.25, 0.3) is 0 Å². The number of rotatable bonds is 12. The Balaban J connectivity index is 2.18. The van der Waals surface area contributed by atoms with E-state index in [9.17, 15) is 4.79 Å². The Morgan fingerprint density at radius 1 is 1.32 bits per heavy atom. The molecule has 4 atom stereocenters. The van der Waals surface area contributed by atoms with Gasteiger partial charge in [-0.2, -0.15) is 0 Å². The fraction of sp³-hybridized carbons (Fsp3) is 0.682. The van der Waals surface area contributed by atoms with Gasteiger partial charge in [-0.3, -0.25) is 4.79 Å². The zero-order valence-corrected chi connectivity index (χ0v) is 17.5. The highest BCUT2D eigenvalue weighted by Crippen LogP contribution is 2.47. The van der Waals surface area contributed by atoms with Crippen LogP contribution in [0.1, 0.15) is 72.1 Å². The van der Waals surface area contributed by atoms with Crippen molar-refractivity contribution in [2.24, 2.45) is 23.7 Å². The number of allylic oxidation sites excluding steroid dienone is 4. The maximum atomic E-state index is 10.6. The van der Waals surface area contributed by atoms with E-state index in [1.165, 1.54) is 24.8 Å². The first-order valence-electron chi connectivity index (χ1n) is 9.58. The molecule has 0 aliphatic heterocycles. The van der Waals surface area contributed by atoms with Gasteiger partial charge in [0.15, 0.2) is 0 Å². The van der Waals surface area contributed by atoms with Gasteiger partial charge in [-0.1, -0.05) is 43.6 Å². The smallest absolute Gasteiger partial charge is 0.303 e. The van der Waals surface area contributed by atoms with E-state index in [2.05, 4.69) is 65.7 Å². The van der Waals surface area contributed by atoms with Gasteiger partial charge in [-0.15, -0.1) is 0 Å². The standard InChI is InChI=1S/C22H33BrO2/c1-17(8-4-9-18(2)11-7-15-23)10-5-12-19(3)21-16-20(21)13-6-14-22(24)25/h5,10,12,18-21H,4,6,8-9,11,13-14,16H2,1-3H3,(H,24,25). The third-order valence-corrected chi connectivity index (χ3v) is 5.48. The quantitative estimate of drug-likeness (QED) is 0.292. The van der Waals surface area contributed by atoms with E-state index < -0.39 is 5.97 Å². The first-order valence-corrected chi connectivity index (χ1v) is 10.4. The van der Waals surface area contributed by atoms with E-state index in [1.54, 1.807) is 0 Å². The highest BCUT2D eigenvalue weighted by Gasteiger charge is 2.39. The van der Waals surface area contributed by atoms with Crippen LogP contribution in [0.2, 0.25) is 0 Å². The Morgan fingerprint density at radius 2 is 2.08 bits per heavy atom. The second kappa shape index (κ2) is 12.4. The Hall–Kier alpha value is -1.01. The van der Waals surface area contributed by atoms with Crippen LogP contribution in [-0.4, -0.2) is 11.1 Å². The Labute approximate surface area is 162 Å². The summed E-state index contributed by atoms with van der Waals surface area (Å²) in [5, 5.41) is 8.69. The minimum Gasteiger partial charge on any atom is -0.481 e. The maximum absolute atomic E-state index is 10.6. The zero-order valence-electron chi connectivity index (χ0n) is 15.9. The first-order chi connectivity index (χ1) is 11.9. The van der Waals surface area contributed by atoms with Gasteiger partial charge in [0.05, 0.1) is 0 Å². The van der Waals surface area contributed by atoms with E-state index in [4.69, 9.17) is 5.11 Å². The van der Waals surface area contributed by atoms with E-state index in [1.807, 2.05) is 0 Å². The number of aliphatic carboxylic acids is 1. The minimum atomic E-state index is -0.670. The average Bonchev–Trinajstić information content (AvgIpc) is 3.32. The second-order valence-electron chi connectivity index (χ2n) is 7.68. The van der Waals surface area contributed by atoms with E-state index in [-0.39, 0.29) is 0 Å². The Kier molecular flexibility index (Phi) is 10.9. The summed E-state index contributed by atoms with van der Waals surface area (Å²) in [4.78, 5) is 13.3. The second-order valence-corrected chi connectivity index (χ2v) is 8.07. The highest BCUT2D eigenvalue weighted by molar-refractivity contribution is 9.12. The molecule has 0 saturated heterocycles. The molecule has 0 amide bonds. The van der Waals surface area contributed by atoms with Crippen molar-refractivity contribution in [3.63, 3.8) is 0 Å². The van der Waals surface area contributed by atoms with E-state index in [0.717, 1.165) is 37.5 Å². The number of carbonyl (C=O) groups is 1. The van der Waals surface area contributed by atoms with Crippen LogP contribution in [0.25, 0.3) is 0 Å². The van der Waals surface area contributed by atoms with Crippen LogP contribution in [0.5, 0.6) is 0 Å². The average molecular weight is 409 g/mol. The predicted molar refractivity (Wildman–Crippen MR) is 109 cm³/mol. The van der Waals surface area contributed by atoms with Crippen LogP contribution < -0.4 is 0 Å². The molecule has 3 heteroatoms. The lowest BCUT2D eigenvalue weighted by Gasteiger charge is -2.07. The molecule has 140 valence electrons. The number of halogens is 1. The summed E-state index contributed by atoms with van der Waals surface area (Å²) in [5.74, 6) is 5.18. The first kappa shape index (κ1) is 22.0. The van der Waals surface area contributed by atoms with Crippen LogP contribution in [0.15, 0.2) is 23.8 Å². The van der Waals surface area contributed by atoms with Crippen molar-refractivity contribution < 1.29 is 9.90 Å². The molecule has 1 saturated carbocycles. The lowest BCUT2D eigenvalue weighted by atomic mass is 9.98. The fourth-order valence-electron chi connectivity index (χ4n) is 3.43. The van der Waals surface area contributed by atoms with Crippen molar-refractivity contribution in [3.05, 3.63) is 23.8 Å². The number of carboxylic acid groups (broad SMARTS) is 1. The topological polar surface area (TPSA) is 37.3 Å². The van der Waals surface area contributed by atoms with Crippen molar-refractivity contribution in [3.8, 4) is 10.8 Å². The van der Waals surface area contributed by atoms with Gasteiger partial charge in [0, 0.05) is 28.8 Å². The molecule has 0 aromatic carbocycles. The van der Waals surface area contributed by atoms with E-state index >= 15 is 0 Å². The summed E-state index contributed by atoms with van der Waals surface area (Å²) in [6.07, 6.45) is 14.9. The lowest BCUT2D eigenvalue weighted by molar-refractivity contribution is -0.137. The van der Waals surface area contributed by atoms with Crippen molar-refractivity contribution in [1.29, 1.82) is 0 Å². The Morgan fingerprint density at radius 3 is 2.76 bits per heavy atom. The number of hydrogen-bond acceptors (Lipinski definition) is 1. The molecule has 2 nitrogen and oxygen atoms in total. The van der Waals surface area contributed by atoms with Gasteiger partial charge in [0.2, 0.25) is 0 Å². The fourth-order valence-corrected chi connectivity index (χ4v) is 3.59. The van der Waals surface area contributed by atoms with Crippen LogP contribution in [0.3, 0.4) is 0 Å². The molecular weight excluding hydrogens is 376 g/mol. The Bertz CT molecular complexity index is 524. The van der Waals surface area contributed by atoms with Crippen LogP contribution in [0.4, 0.5) is 0 Å². The summed E-state index contributed by atoms with van der Waals surface area (Å²) < 4.78 is 0. The summed E-state index contributed by atoms with van der Waals surface area (Å²) in [5.41, 5.74) is 1.44. The van der Waals surface area contributed by atoms with E-state index in [0.29, 0.717) is 18.3 Å². The molecule has 4 unspecified atom stereocenters. The molecule has 1 aliphatic rings. The SMILES string of the molecule is CC(=CC=CC(C)C1CC1CCCC(=O)O)CCCC(C)CC#CBr. The molecule has 0 aromatic rings. The van der Waals surface area contributed by atoms with Gasteiger partial charge >= 0.3 is 5.97 Å². The molecule has 25 heavy (non-hydrogen) atoms. The van der Waals surface area contributed by atoms with Crippen molar-refractivity contribution >= 4 is 21.9 Å². The third kappa shape index (κ3) is 10.5. The summed E-state index contributed by atoms with van der Waals surface area (Å²) in [6.45, 7) is 6.76.